The van der Waals surface area contributed by atoms with Crippen molar-refractivity contribution < 1.29 is 4.42 Å². The molecule has 0 saturated heterocycles. The third kappa shape index (κ3) is 4.85. The molecular formula is C44H26N4OS. The Morgan fingerprint density at radius 1 is 0.420 bits per heavy atom. The lowest BCUT2D eigenvalue weighted by Crippen LogP contribution is -2.01. The Labute approximate surface area is 291 Å². The van der Waals surface area contributed by atoms with Gasteiger partial charge in [-0.25, -0.2) is 19.9 Å². The summed E-state index contributed by atoms with van der Waals surface area (Å²) in [5.41, 5.74) is 8.52. The summed E-state index contributed by atoms with van der Waals surface area (Å²) < 4.78 is 7.58. The zero-order valence-electron chi connectivity index (χ0n) is 26.6. The second-order valence-electron chi connectivity index (χ2n) is 12.3. The average Bonchev–Trinajstić information content (AvgIpc) is 3.78. The van der Waals surface area contributed by atoms with E-state index in [-0.39, 0.29) is 0 Å². The van der Waals surface area contributed by atoms with E-state index in [2.05, 4.69) is 91.0 Å². The molecule has 5 nitrogen and oxygen atoms in total. The summed E-state index contributed by atoms with van der Waals surface area (Å²) >= 11 is 1.67. The number of hydrogen-bond acceptors (Lipinski definition) is 6. The number of nitrogens with zero attached hydrogens (tertiary/aromatic N) is 4. The lowest BCUT2D eigenvalue weighted by molar-refractivity contribution is 0.669. The summed E-state index contributed by atoms with van der Waals surface area (Å²) in [6.45, 7) is 0. The molecule has 10 rings (SSSR count). The first-order chi connectivity index (χ1) is 24.7. The van der Waals surface area contributed by atoms with Crippen LogP contribution < -0.4 is 0 Å². The van der Waals surface area contributed by atoms with Gasteiger partial charge in [0, 0.05) is 39.1 Å². The van der Waals surface area contributed by atoms with E-state index < -0.39 is 0 Å². The normalized spacial score (nSPS) is 11.6. The highest BCUT2D eigenvalue weighted by Gasteiger charge is 2.21. The van der Waals surface area contributed by atoms with Crippen molar-refractivity contribution in [3.05, 3.63) is 158 Å². The van der Waals surface area contributed by atoms with Gasteiger partial charge in [0.25, 0.3) is 0 Å². The summed E-state index contributed by atoms with van der Waals surface area (Å²) in [7, 11) is 0. The Morgan fingerprint density at radius 2 is 1.02 bits per heavy atom. The molecule has 6 heteroatoms. The van der Waals surface area contributed by atoms with Gasteiger partial charge in [-0.2, -0.15) is 0 Å². The van der Waals surface area contributed by atoms with Crippen molar-refractivity contribution in [2.75, 3.05) is 0 Å². The predicted octanol–water partition coefficient (Wildman–Crippen LogP) is 11.9. The van der Waals surface area contributed by atoms with E-state index in [1.54, 1.807) is 11.3 Å². The van der Waals surface area contributed by atoms with Crippen molar-refractivity contribution >= 4 is 54.3 Å². The van der Waals surface area contributed by atoms with Gasteiger partial charge in [-0.3, -0.25) is 0 Å². The Balaban J connectivity index is 1.22. The monoisotopic (exact) mass is 658 g/mol. The minimum Gasteiger partial charge on any atom is -0.456 e. The third-order valence-corrected chi connectivity index (χ3v) is 10.2. The molecule has 0 spiro atoms. The van der Waals surface area contributed by atoms with E-state index in [4.69, 9.17) is 24.4 Å². The zero-order valence-corrected chi connectivity index (χ0v) is 27.4. The van der Waals surface area contributed by atoms with Crippen molar-refractivity contribution in [1.29, 1.82) is 0 Å². The van der Waals surface area contributed by atoms with Gasteiger partial charge in [0.2, 0.25) is 0 Å². The van der Waals surface area contributed by atoms with Crippen molar-refractivity contribution in [3.8, 4) is 55.9 Å². The Hall–Kier alpha value is -6.50. The number of aromatic nitrogens is 4. The van der Waals surface area contributed by atoms with Crippen LogP contribution in [-0.4, -0.2) is 19.9 Å². The van der Waals surface area contributed by atoms with Gasteiger partial charge in [-0.1, -0.05) is 127 Å². The van der Waals surface area contributed by atoms with Gasteiger partial charge in [0.05, 0.1) is 10.2 Å². The van der Waals surface area contributed by atoms with Gasteiger partial charge in [0.15, 0.2) is 17.5 Å². The van der Waals surface area contributed by atoms with Crippen LogP contribution in [-0.2, 0) is 0 Å². The first-order valence-corrected chi connectivity index (χ1v) is 17.3. The van der Waals surface area contributed by atoms with E-state index in [9.17, 15) is 0 Å². The SMILES string of the molecule is c1ccc(-c2nc(-c3cc4ccccc4cc3-c3ccccc3)nc(-c3cccc4oc5cc6sc(-c7ccccc7)nc6cc5c34)n2)cc1. The van der Waals surface area contributed by atoms with E-state index >= 15 is 0 Å². The lowest BCUT2D eigenvalue weighted by Gasteiger charge is -2.14. The molecule has 0 atom stereocenters. The van der Waals surface area contributed by atoms with Crippen molar-refractivity contribution in [2.45, 2.75) is 0 Å². The van der Waals surface area contributed by atoms with Crippen LogP contribution in [0.4, 0.5) is 0 Å². The number of rotatable bonds is 5. The summed E-state index contributed by atoms with van der Waals surface area (Å²) in [5, 5.41) is 5.20. The van der Waals surface area contributed by atoms with Crippen LogP contribution in [0, 0.1) is 0 Å². The Bertz CT molecular complexity index is 2860. The molecular weight excluding hydrogens is 633 g/mol. The molecule has 3 aromatic heterocycles. The molecule has 0 unspecified atom stereocenters. The maximum absolute atomic E-state index is 6.50. The fourth-order valence-electron chi connectivity index (χ4n) is 6.75. The first kappa shape index (κ1) is 28.5. The number of fused-ring (bicyclic) bond motifs is 5. The van der Waals surface area contributed by atoms with Crippen LogP contribution in [0.1, 0.15) is 0 Å². The molecule has 0 aliphatic heterocycles. The summed E-state index contributed by atoms with van der Waals surface area (Å²) in [6, 6.07) is 54.0. The first-order valence-electron chi connectivity index (χ1n) is 16.5. The maximum Gasteiger partial charge on any atom is 0.164 e. The molecule has 0 saturated carbocycles. The molecule has 50 heavy (non-hydrogen) atoms. The van der Waals surface area contributed by atoms with E-state index in [0.29, 0.717) is 17.5 Å². The van der Waals surface area contributed by atoms with Crippen molar-refractivity contribution in [2.24, 2.45) is 0 Å². The van der Waals surface area contributed by atoms with Crippen LogP contribution in [0.3, 0.4) is 0 Å². The molecule has 0 N–H and O–H groups in total. The topological polar surface area (TPSA) is 64.7 Å². The molecule has 0 fully saturated rings. The Kier molecular flexibility index (Phi) is 6.60. The van der Waals surface area contributed by atoms with Crippen LogP contribution in [0.25, 0.3) is 98.8 Å². The van der Waals surface area contributed by atoms with Gasteiger partial charge < -0.3 is 4.42 Å². The fraction of sp³-hybridized carbons (Fsp3) is 0. The third-order valence-electron chi connectivity index (χ3n) is 9.15. The average molecular weight is 659 g/mol. The van der Waals surface area contributed by atoms with E-state index in [1.165, 1.54) is 0 Å². The molecule has 10 aromatic rings. The van der Waals surface area contributed by atoms with Gasteiger partial charge >= 0.3 is 0 Å². The van der Waals surface area contributed by atoms with Gasteiger partial charge in [-0.15, -0.1) is 11.3 Å². The number of hydrogen-bond donors (Lipinski definition) is 0. The maximum atomic E-state index is 6.50. The van der Waals surface area contributed by atoms with E-state index in [0.717, 1.165) is 81.3 Å². The van der Waals surface area contributed by atoms with Crippen molar-refractivity contribution in [1.82, 2.24) is 19.9 Å². The summed E-state index contributed by atoms with van der Waals surface area (Å²) in [6.07, 6.45) is 0. The molecule has 0 aliphatic rings. The highest BCUT2D eigenvalue weighted by molar-refractivity contribution is 7.21. The summed E-state index contributed by atoms with van der Waals surface area (Å²) in [5.74, 6) is 1.80. The zero-order chi connectivity index (χ0) is 33.0. The van der Waals surface area contributed by atoms with E-state index in [1.807, 2.05) is 66.7 Å². The second kappa shape index (κ2) is 11.6. The van der Waals surface area contributed by atoms with Crippen LogP contribution in [0.5, 0.6) is 0 Å². The van der Waals surface area contributed by atoms with Gasteiger partial charge in [0.1, 0.15) is 16.2 Å². The molecule has 0 radical (unpaired) electrons. The number of thiazole rings is 1. The smallest absolute Gasteiger partial charge is 0.164 e. The number of furan rings is 1. The largest absolute Gasteiger partial charge is 0.456 e. The quantitative estimate of drug-likeness (QED) is 0.184. The highest BCUT2D eigenvalue weighted by Crippen LogP contribution is 2.41. The molecule has 234 valence electrons. The van der Waals surface area contributed by atoms with Crippen LogP contribution >= 0.6 is 11.3 Å². The van der Waals surface area contributed by atoms with Crippen LogP contribution in [0.2, 0.25) is 0 Å². The number of benzene rings is 7. The molecule has 0 aliphatic carbocycles. The van der Waals surface area contributed by atoms with Gasteiger partial charge in [-0.05, 0) is 46.2 Å². The second-order valence-corrected chi connectivity index (χ2v) is 13.3. The molecule has 0 bridgehead atoms. The molecule has 3 heterocycles. The highest BCUT2D eigenvalue weighted by atomic mass is 32.1. The molecule has 0 amide bonds. The minimum absolute atomic E-state index is 0.581. The minimum atomic E-state index is 0.581. The van der Waals surface area contributed by atoms with Crippen molar-refractivity contribution in [3.63, 3.8) is 0 Å². The fourth-order valence-corrected chi connectivity index (χ4v) is 7.73. The predicted molar refractivity (Wildman–Crippen MR) is 205 cm³/mol. The standard InChI is InChI=1S/C44H26N4OS/c1-4-13-27(14-5-1)33-23-30-19-10-11-20-31(30)24-34(33)43-47-41(28-15-6-2-7-16-28)46-42(48-43)32-21-12-22-37-40(32)35-25-36-39(26-38(35)49-37)50-44(45-36)29-17-8-3-9-18-29/h1-26H. The lowest BCUT2D eigenvalue weighted by atomic mass is 9.95. The summed E-state index contributed by atoms with van der Waals surface area (Å²) in [4.78, 5) is 20.6. The van der Waals surface area contributed by atoms with Crippen LogP contribution in [0.15, 0.2) is 162 Å². The Morgan fingerprint density at radius 3 is 1.74 bits per heavy atom. The molecule has 7 aromatic carbocycles.